The molecule has 0 bridgehead atoms. The van der Waals surface area contributed by atoms with Gasteiger partial charge in [-0.2, -0.15) is 0 Å². The van der Waals surface area contributed by atoms with Gasteiger partial charge in [-0.1, -0.05) is 0 Å². The van der Waals surface area contributed by atoms with E-state index in [0.29, 0.717) is 11.0 Å². The van der Waals surface area contributed by atoms with Crippen molar-refractivity contribution in [3.8, 4) is 5.88 Å². The maximum absolute atomic E-state index is 13.5. The van der Waals surface area contributed by atoms with Crippen LogP contribution in [0, 0.1) is 5.82 Å². The highest BCUT2D eigenvalue weighted by Crippen LogP contribution is 2.48. The second-order valence-electron chi connectivity index (χ2n) is 5.19. The summed E-state index contributed by atoms with van der Waals surface area (Å²) in [5.74, 6) is -0.894. The normalized spacial score (nSPS) is 12.1. The number of phosphoric ester groups is 1. The standard InChI is InChI=1S/C15H20FN2O5P/c1-5-21-24(20,22-6-2)23-14-15(19)18(10(3)4)13-9-11(16)7-8-12(13)17-14/h7-10H,5-6H2,1-4H3. The summed E-state index contributed by atoms with van der Waals surface area (Å²) in [7, 11) is -3.96. The Balaban J connectivity index is 2.63. The van der Waals surface area contributed by atoms with Gasteiger partial charge in [-0.05, 0) is 45.9 Å². The quantitative estimate of drug-likeness (QED) is 0.703. The molecule has 2 rings (SSSR count). The maximum atomic E-state index is 13.5. The Bertz CT molecular complexity index is 826. The third-order valence-electron chi connectivity index (χ3n) is 3.11. The van der Waals surface area contributed by atoms with Crippen LogP contribution >= 0.6 is 7.82 Å². The van der Waals surface area contributed by atoms with Gasteiger partial charge in [-0.3, -0.25) is 18.4 Å². The molecule has 0 fully saturated rings. The van der Waals surface area contributed by atoms with Crippen molar-refractivity contribution < 1.29 is 22.5 Å². The van der Waals surface area contributed by atoms with E-state index < -0.39 is 25.1 Å². The van der Waals surface area contributed by atoms with E-state index in [0.717, 1.165) is 0 Å². The summed E-state index contributed by atoms with van der Waals surface area (Å²) in [5.41, 5.74) is 0.0204. The number of nitrogens with zero attached hydrogens (tertiary/aromatic N) is 2. The SMILES string of the molecule is CCOP(=O)(OCC)Oc1nc2ccc(F)cc2n(C(C)C)c1=O. The molecule has 0 aliphatic heterocycles. The largest absolute Gasteiger partial charge is 0.531 e. The van der Waals surface area contributed by atoms with E-state index >= 15 is 0 Å². The molecule has 132 valence electrons. The zero-order valence-electron chi connectivity index (χ0n) is 14.0. The summed E-state index contributed by atoms with van der Waals surface area (Å²) in [5, 5.41) is 0. The van der Waals surface area contributed by atoms with Gasteiger partial charge in [0.05, 0.1) is 24.2 Å². The molecule has 0 aliphatic rings. The third-order valence-corrected chi connectivity index (χ3v) is 4.66. The van der Waals surface area contributed by atoms with Gasteiger partial charge in [-0.15, -0.1) is 0 Å². The average Bonchev–Trinajstić information content (AvgIpc) is 2.48. The number of hydrogen-bond donors (Lipinski definition) is 0. The average molecular weight is 358 g/mol. The van der Waals surface area contributed by atoms with Gasteiger partial charge in [0.15, 0.2) is 0 Å². The molecule has 0 radical (unpaired) electrons. The van der Waals surface area contributed by atoms with E-state index in [4.69, 9.17) is 13.6 Å². The smallest absolute Gasteiger partial charge is 0.379 e. The van der Waals surface area contributed by atoms with E-state index in [-0.39, 0.29) is 19.3 Å². The predicted molar refractivity (Wildman–Crippen MR) is 87.8 cm³/mol. The van der Waals surface area contributed by atoms with Crippen LogP contribution in [0.5, 0.6) is 5.88 Å². The molecule has 0 spiro atoms. The van der Waals surface area contributed by atoms with Gasteiger partial charge in [0.1, 0.15) is 5.82 Å². The number of aromatic nitrogens is 2. The molecule has 1 aromatic carbocycles. The first-order chi connectivity index (χ1) is 11.3. The van der Waals surface area contributed by atoms with Crippen molar-refractivity contribution in [3.63, 3.8) is 0 Å². The minimum Gasteiger partial charge on any atom is -0.379 e. The van der Waals surface area contributed by atoms with Crippen LogP contribution in [-0.4, -0.2) is 22.8 Å². The Morgan fingerprint density at radius 2 is 1.88 bits per heavy atom. The zero-order valence-corrected chi connectivity index (χ0v) is 14.9. The summed E-state index contributed by atoms with van der Waals surface area (Å²) >= 11 is 0. The van der Waals surface area contributed by atoms with Gasteiger partial charge in [0.25, 0.3) is 5.88 Å². The lowest BCUT2D eigenvalue weighted by Gasteiger charge is -2.19. The lowest BCUT2D eigenvalue weighted by molar-refractivity contribution is 0.165. The van der Waals surface area contributed by atoms with E-state index in [1.165, 1.54) is 22.8 Å². The highest BCUT2D eigenvalue weighted by atomic mass is 31.2. The molecule has 1 heterocycles. The monoisotopic (exact) mass is 358 g/mol. The molecular formula is C15H20FN2O5P. The van der Waals surface area contributed by atoms with Crippen LogP contribution in [0.15, 0.2) is 23.0 Å². The van der Waals surface area contributed by atoms with Crippen molar-refractivity contribution >= 4 is 18.9 Å². The van der Waals surface area contributed by atoms with Crippen LogP contribution in [0.25, 0.3) is 11.0 Å². The summed E-state index contributed by atoms with van der Waals surface area (Å²) in [6.07, 6.45) is 0. The number of benzene rings is 1. The predicted octanol–water partition coefficient (Wildman–Crippen LogP) is 3.68. The lowest BCUT2D eigenvalue weighted by Crippen LogP contribution is -2.25. The first-order valence-corrected chi connectivity index (χ1v) is 9.08. The first-order valence-electron chi connectivity index (χ1n) is 7.61. The topological polar surface area (TPSA) is 79.7 Å². The summed E-state index contributed by atoms with van der Waals surface area (Å²) < 4.78 is 42.6. The molecule has 0 N–H and O–H groups in total. The number of fused-ring (bicyclic) bond motifs is 1. The summed E-state index contributed by atoms with van der Waals surface area (Å²) in [6, 6.07) is 3.57. The highest BCUT2D eigenvalue weighted by Gasteiger charge is 2.30. The van der Waals surface area contributed by atoms with Crippen molar-refractivity contribution in [2.75, 3.05) is 13.2 Å². The molecule has 0 unspecified atom stereocenters. The number of hydrogen-bond acceptors (Lipinski definition) is 6. The minimum absolute atomic E-state index is 0.0778. The molecule has 0 saturated heterocycles. The van der Waals surface area contributed by atoms with Crippen LogP contribution in [0.2, 0.25) is 0 Å². The van der Waals surface area contributed by atoms with Crippen molar-refractivity contribution in [2.24, 2.45) is 0 Å². The Morgan fingerprint density at radius 1 is 1.25 bits per heavy atom. The highest BCUT2D eigenvalue weighted by molar-refractivity contribution is 7.48. The summed E-state index contributed by atoms with van der Waals surface area (Å²) in [4.78, 5) is 16.7. The van der Waals surface area contributed by atoms with Crippen molar-refractivity contribution in [2.45, 2.75) is 33.7 Å². The molecular weight excluding hydrogens is 338 g/mol. The molecule has 24 heavy (non-hydrogen) atoms. The van der Waals surface area contributed by atoms with Crippen LogP contribution in [0.3, 0.4) is 0 Å². The van der Waals surface area contributed by atoms with Crippen molar-refractivity contribution in [1.29, 1.82) is 0 Å². The second-order valence-corrected chi connectivity index (χ2v) is 6.79. The Labute approximate surface area is 139 Å². The van der Waals surface area contributed by atoms with Gasteiger partial charge < -0.3 is 4.52 Å². The third kappa shape index (κ3) is 3.83. The van der Waals surface area contributed by atoms with Crippen LogP contribution in [0.4, 0.5) is 4.39 Å². The Kier molecular flexibility index (Phi) is 5.74. The second kappa shape index (κ2) is 7.42. The van der Waals surface area contributed by atoms with Gasteiger partial charge in [0.2, 0.25) is 0 Å². The zero-order chi connectivity index (χ0) is 17.9. The summed E-state index contributed by atoms with van der Waals surface area (Å²) in [6.45, 7) is 6.93. The van der Waals surface area contributed by atoms with E-state index in [9.17, 15) is 13.8 Å². The van der Waals surface area contributed by atoms with Crippen molar-refractivity contribution in [1.82, 2.24) is 9.55 Å². The fourth-order valence-corrected chi connectivity index (χ4v) is 3.38. The molecule has 0 amide bonds. The molecule has 7 nitrogen and oxygen atoms in total. The lowest BCUT2D eigenvalue weighted by atomic mass is 10.2. The van der Waals surface area contributed by atoms with Crippen LogP contribution in [0.1, 0.15) is 33.7 Å². The van der Waals surface area contributed by atoms with Crippen LogP contribution < -0.4 is 10.1 Å². The molecule has 2 aromatic rings. The molecule has 0 aliphatic carbocycles. The molecule has 0 saturated carbocycles. The van der Waals surface area contributed by atoms with Crippen LogP contribution in [-0.2, 0) is 13.6 Å². The number of rotatable bonds is 7. The Morgan fingerprint density at radius 3 is 2.42 bits per heavy atom. The fraction of sp³-hybridized carbons (Fsp3) is 0.467. The molecule has 9 heteroatoms. The maximum Gasteiger partial charge on any atom is 0.531 e. The van der Waals surface area contributed by atoms with Gasteiger partial charge in [-0.25, -0.2) is 13.9 Å². The first kappa shape index (κ1) is 18.6. The number of halogens is 1. The number of phosphoric acid groups is 1. The molecule has 1 aromatic heterocycles. The fourth-order valence-electron chi connectivity index (χ4n) is 2.24. The van der Waals surface area contributed by atoms with E-state index in [1.807, 2.05) is 0 Å². The van der Waals surface area contributed by atoms with Crippen molar-refractivity contribution in [3.05, 3.63) is 34.4 Å². The van der Waals surface area contributed by atoms with Gasteiger partial charge in [0, 0.05) is 6.04 Å². The van der Waals surface area contributed by atoms with Gasteiger partial charge >= 0.3 is 13.4 Å². The Hall–Kier alpha value is -1.76. The van der Waals surface area contributed by atoms with E-state index in [2.05, 4.69) is 4.98 Å². The molecule has 0 atom stereocenters. The van der Waals surface area contributed by atoms with E-state index in [1.54, 1.807) is 27.7 Å². The minimum atomic E-state index is -3.96.